The van der Waals surface area contributed by atoms with Gasteiger partial charge in [-0.25, -0.2) is 9.50 Å². The number of nitrogens with one attached hydrogen (secondary N) is 1. The van der Waals surface area contributed by atoms with Crippen LogP contribution in [0, 0.1) is 25.2 Å². The van der Waals surface area contributed by atoms with Gasteiger partial charge in [-0.15, -0.1) is 0 Å². The van der Waals surface area contributed by atoms with Gasteiger partial charge in [0, 0.05) is 29.4 Å². The Labute approximate surface area is 156 Å². The quantitative estimate of drug-likeness (QED) is 0.751. The summed E-state index contributed by atoms with van der Waals surface area (Å²) in [5.41, 5.74) is 4.65. The number of nitriles is 1. The molecule has 0 fully saturated rings. The first-order chi connectivity index (χ1) is 12.5. The summed E-state index contributed by atoms with van der Waals surface area (Å²) >= 11 is 5.95. The predicted octanol–water partition coefficient (Wildman–Crippen LogP) is 3.12. The molecule has 0 saturated heterocycles. The van der Waals surface area contributed by atoms with Gasteiger partial charge >= 0.3 is 0 Å². The molecule has 1 N–H and O–H groups in total. The van der Waals surface area contributed by atoms with Crippen molar-refractivity contribution >= 4 is 23.2 Å². The van der Waals surface area contributed by atoms with Gasteiger partial charge in [-0.1, -0.05) is 23.7 Å². The zero-order valence-electron chi connectivity index (χ0n) is 14.6. The molecular weight excluding hydrogens is 350 g/mol. The van der Waals surface area contributed by atoms with Crippen molar-refractivity contribution < 1.29 is 4.79 Å². The molecule has 132 valence electrons. The van der Waals surface area contributed by atoms with E-state index in [9.17, 15) is 4.79 Å². The van der Waals surface area contributed by atoms with Crippen molar-refractivity contribution in [1.82, 2.24) is 19.9 Å². The topological polar surface area (TPSA) is 83.1 Å². The number of carbonyl (C=O) groups excluding carboxylic acids is 1. The fraction of sp³-hybridized carbons (Fsp3) is 0.263. The number of hydrogen-bond donors (Lipinski definition) is 1. The van der Waals surface area contributed by atoms with Gasteiger partial charge in [-0.05, 0) is 43.5 Å². The highest BCUT2D eigenvalue weighted by atomic mass is 35.5. The fourth-order valence-corrected chi connectivity index (χ4v) is 3.14. The van der Waals surface area contributed by atoms with Crippen molar-refractivity contribution in [2.75, 3.05) is 0 Å². The summed E-state index contributed by atoms with van der Waals surface area (Å²) < 4.78 is 1.66. The van der Waals surface area contributed by atoms with Gasteiger partial charge in [0.2, 0.25) is 5.91 Å². The molecule has 7 heteroatoms. The number of benzene rings is 1. The van der Waals surface area contributed by atoms with Gasteiger partial charge < -0.3 is 5.32 Å². The van der Waals surface area contributed by atoms with E-state index in [0.717, 1.165) is 22.5 Å². The Morgan fingerprint density at radius 1 is 1.38 bits per heavy atom. The first-order valence-electron chi connectivity index (χ1n) is 8.24. The Hall–Kier alpha value is -2.91. The first kappa shape index (κ1) is 17.9. The molecule has 0 saturated carbocycles. The highest BCUT2D eigenvalue weighted by molar-refractivity contribution is 6.30. The van der Waals surface area contributed by atoms with Crippen LogP contribution < -0.4 is 5.32 Å². The lowest BCUT2D eigenvalue weighted by Crippen LogP contribution is -2.23. The van der Waals surface area contributed by atoms with Gasteiger partial charge in [-0.3, -0.25) is 4.79 Å². The average Bonchev–Trinajstić information content (AvgIpc) is 3.02. The molecule has 0 aliphatic carbocycles. The maximum Gasteiger partial charge on any atom is 0.220 e. The second-order valence-electron chi connectivity index (χ2n) is 6.07. The van der Waals surface area contributed by atoms with Crippen LogP contribution in [0.3, 0.4) is 0 Å². The summed E-state index contributed by atoms with van der Waals surface area (Å²) in [4.78, 5) is 16.7. The smallest absolute Gasteiger partial charge is 0.220 e. The maximum atomic E-state index is 12.2. The van der Waals surface area contributed by atoms with E-state index >= 15 is 0 Å². The molecule has 0 unspecified atom stereocenters. The van der Waals surface area contributed by atoms with E-state index in [1.807, 2.05) is 32.0 Å². The van der Waals surface area contributed by atoms with Crippen LogP contribution in [0.1, 0.15) is 34.5 Å². The molecule has 1 amide bonds. The summed E-state index contributed by atoms with van der Waals surface area (Å²) in [5.74, 6) is -0.0398. The van der Waals surface area contributed by atoms with E-state index in [2.05, 4.69) is 21.5 Å². The Morgan fingerprint density at radius 3 is 2.92 bits per heavy atom. The number of halogens is 1. The molecule has 1 aromatic carbocycles. The lowest BCUT2D eigenvalue weighted by atomic mass is 10.1. The van der Waals surface area contributed by atoms with E-state index in [1.165, 1.54) is 6.20 Å². The van der Waals surface area contributed by atoms with Gasteiger partial charge in [0.15, 0.2) is 5.65 Å². The molecule has 2 aromatic heterocycles. The highest BCUT2D eigenvalue weighted by Gasteiger charge is 2.14. The average molecular weight is 368 g/mol. The van der Waals surface area contributed by atoms with E-state index < -0.39 is 0 Å². The summed E-state index contributed by atoms with van der Waals surface area (Å²) in [5, 5.41) is 16.9. The third-order valence-electron chi connectivity index (χ3n) is 4.31. The molecule has 0 bridgehead atoms. The number of fused-ring (bicyclic) bond motifs is 1. The molecule has 0 atom stereocenters. The van der Waals surface area contributed by atoms with Crippen molar-refractivity contribution in [3.63, 3.8) is 0 Å². The lowest BCUT2D eigenvalue weighted by Gasteiger charge is -2.11. The Kier molecular flexibility index (Phi) is 5.19. The minimum Gasteiger partial charge on any atom is -0.352 e. The van der Waals surface area contributed by atoms with Crippen molar-refractivity contribution in [3.05, 3.63) is 63.6 Å². The van der Waals surface area contributed by atoms with Crippen LogP contribution >= 0.6 is 11.6 Å². The number of hydrogen-bond acceptors (Lipinski definition) is 4. The largest absolute Gasteiger partial charge is 0.352 e. The van der Waals surface area contributed by atoms with Crippen LogP contribution in [0.25, 0.3) is 5.65 Å². The molecule has 2 heterocycles. The predicted molar refractivity (Wildman–Crippen MR) is 98.8 cm³/mol. The van der Waals surface area contributed by atoms with Crippen molar-refractivity contribution in [3.8, 4) is 6.07 Å². The zero-order valence-corrected chi connectivity index (χ0v) is 15.3. The van der Waals surface area contributed by atoms with E-state index in [-0.39, 0.29) is 5.91 Å². The normalized spacial score (nSPS) is 10.7. The summed E-state index contributed by atoms with van der Waals surface area (Å²) in [6.45, 7) is 4.26. The number of amides is 1. The minimum atomic E-state index is -0.0398. The van der Waals surface area contributed by atoms with Crippen molar-refractivity contribution in [2.45, 2.75) is 33.2 Å². The summed E-state index contributed by atoms with van der Waals surface area (Å²) in [6, 6.07) is 9.50. The Balaban J connectivity index is 1.67. The minimum absolute atomic E-state index is 0.0398. The van der Waals surface area contributed by atoms with Crippen LogP contribution in [0.2, 0.25) is 5.02 Å². The zero-order chi connectivity index (χ0) is 18.7. The number of aromatic nitrogens is 3. The second kappa shape index (κ2) is 7.54. The molecule has 0 spiro atoms. The molecule has 26 heavy (non-hydrogen) atoms. The third kappa shape index (κ3) is 3.68. The Morgan fingerprint density at radius 2 is 2.19 bits per heavy atom. The molecule has 3 aromatic rings. The molecule has 6 nitrogen and oxygen atoms in total. The molecule has 0 radical (unpaired) electrons. The first-order valence-corrected chi connectivity index (χ1v) is 8.62. The lowest BCUT2D eigenvalue weighted by molar-refractivity contribution is -0.121. The summed E-state index contributed by atoms with van der Waals surface area (Å²) in [7, 11) is 0. The van der Waals surface area contributed by atoms with Crippen LogP contribution in [-0.4, -0.2) is 20.5 Å². The van der Waals surface area contributed by atoms with E-state index in [4.69, 9.17) is 16.9 Å². The number of rotatable bonds is 5. The SMILES string of the molecule is Cc1nc2c(C#N)cnn2c(C)c1CCC(=O)NCc1cccc(Cl)c1. The van der Waals surface area contributed by atoms with Crippen LogP contribution in [0.15, 0.2) is 30.5 Å². The highest BCUT2D eigenvalue weighted by Crippen LogP contribution is 2.18. The van der Waals surface area contributed by atoms with Crippen LogP contribution in [-0.2, 0) is 17.8 Å². The van der Waals surface area contributed by atoms with Crippen LogP contribution in [0.4, 0.5) is 0 Å². The summed E-state index contributed by atoms with van der Waals surface area (Å²) in [6.07, 6.45) is 2.42. The van der Waals surface area contributed by atoms with E-state index in [0.29, 0.717) is 35.6 Å². The Bertz CT molecular complexity index is 1020. The van der Waals surface area contributed by atoms with Crippen LogP contribution in [0.5, 0.6) is 0 Å². The molecule has 3 rings (SSSR count). The van der Waals surface area contributed by atoms with Crippen molar-refractivity contribution in [2.24, 2.45) is 0 Å². The third-order valence-corrected chi connectivity index (χ3v) is 4.54. The fourth-order valence-electron chi connectivity index (χ4n) is 2.93. The number of aryl methyl sites for hydroxylation is 2. The van der Waals surface area contributed by atoms with E-state index in [1.54, 1.807) is 10.6 Å². The van der Waals surface area contributed by atoms with Gasteiger partial charge in [0.25, 0.3) is 0 Å². The molecule has 0 aliphatic rings. The number of nitrogens with zero attached hydrogens (tertiary/aromatic N) is 4. The van der Waals surface area contributed by atoms with Gasteiger partial charge in [-0.2, -0.15) is 10.4 Å². The molecular formula is C19H18ClN5O. The van der Waals surface area contributed by atoms with Gasteiger partial charge in [0.05, 0.1) is 6.20 Å². The van der Waals surface area contributed by atoms with Gasteiger partial charge in [0.1, 0.15) is 11.6 Å². The maximum absolute atomic E-state index is 12.2. The monoisotopic (exact) mass is 367 g/mol. The second-order valence-corrected chi connectivity index (χ2v) is 6.51. The van der Waals surface area contributed by atoms with Crippen molar-refractivity contribution in [1.29, 1.82) is 5.26 Å². The number of carbonyl (C=O) groups is 1. The molecule has 0 aliphatic heterocycles. The standard InChI is InChI=1S/C19H18ClN5O/c1-12-17(13(2)25-19(24-12)15(9-21)11-23-25)6-7-18(26)22-10-14-4-3-5-16(20)8-14/h3-5,8,11H,6-7,10H2,1-2H3,(H,22,26).